The van der Waals surface area contributed by atoms with Crippen molar-refractivity contribution in [1.82, 2.24) is 29.9 Å². The van der Waals surface area contributed by atoms with Gasteiger partial charge in [-0.15, -0.1) is 47.4 Å². The summed E-state index contributed by atoms with van der Waals surface area (Å²) in [5, 5.41) is 11.8. The Morgan fingerprint density at radius 2 is 1.77 bits per heavy atom. The number of halogens is 4. The highest BCUT2D eigenvalue weighted by atomic mass is 35.5. The fraction of sp³-hybridized carbons (Fsp3) is 0.560. The number of carbonyl (C=O) groups excluding carboxylic acids is 3. The molecule has 14 heteroatoms. The van der Waals surface area contributed by atoms with Crippen LogP contribution in [0.1, 0.15) is 61.5 Å². The number of rotatable bonds is 6. The molecule has 216 valence electrons. The zero-order valence-corrected chi connectivity index (χ0v) is 25.1. The molecule has 2 aromatic rings. The summed E-state index contributed by atoms with van der Waals surface area (Å²) in [6, 6.07) is 7.65. The first kappa shape index (κ1) is 33.1. The number of nitrogens with two attached hydrogens (primary N) is 1. The average Bonchev–Trinajstić information content (AvgIpc) is 3.36. The summed E-state index contributed by atoms with van der Waals surface area (Å²) in [6.07, 6.45) is 3.84. The lowest BCUT2D eigenvalue weighted by molar-refractivity contribution is -0.130. The van der Waals surface area contributed by atoms with Crippen molar-refractivity contribution in [2.24, 2.45) is 5.73 Å². The zero-order chi connectivity index (χ0) is 25.7. The van der Waals surface area contributed by atoms with Crippen molar-refractivity contribution >= 4 is 66.7 Å². The highest BCUT2D eigenvalue weighted by Crippen LogP contribution is 2.41. The van der Waals surface area contributed by atoms with E-state index >= 15 is 0 Å². The molecule has 3 aliphatic rings. The van der Waals surface area contributed by atoms with Crippen LogP contribution in [0.3, 0.4) is 0 Å². The monoisotopic (exact) mass is 621 g/mol. The van der Waals surface area contributed by atoms with Crippen LogP contribution in [0.2, 0.25) is 5.02 Å². The molecule has 0 spiro atoms. The van der Waals surface area contributed by atoms with E-state index in [0.29, 0.717) is 42.7 Å². The molecule has 5 rings (SSSR count). The van der Waals surface area contributed by atoms with Crippen LogP contribution >= 0.6 is 48.8 Å². The summed E-state index contributed by atoms with van der Waals surface area (Å²) >= 11 is 6.24. The molecule has 3 heterocycles. The largest absolute Gasteiger partial charge is 0.331 e. The Bertz CT molecular complexity index is 1210. The van der Waals surface area contributed by atoms with Gasteiger partial charge in [0.05, 0.1) is 0 Å². The number of nitrogens with one attached hydrogen (secondary N) is 1. The molecular weight excluding hydrogens is 588 g/mol. The van der Waals surface area contributed by atoms with Crippen LogP contribution in [0.5, 0.6) is 0 Å². The number of benzene rings is 1. The van der Waals surface area contributed by atoms with Crippen LogP contribution in [-0.4, -0.2) is 73.6 Å². The second kappa shape index (κ2) is 12.6. The molecule has 1 aromatic heterocycles. The van der Waals surface area contributed by atoms with Crippen molar-refractivity contribution in [2.45, 2.75) is 69.5 Å². The van der Waals surface area contributed by atoms with Gasteiger partial charge in [-0.25, -0.2) is 4.79 Å². The van der Waals surface area contributed by atoms with Crippen molar-refractivity contribution in [3.8, 4) is 0 Å². The summed E-state index contributed by atoms with van der Waals surface area (Å²) in [4.78, 5) is 41.1. The van der Waals surface area contributed by atoms with Crippen molar-refractivity contribution in [1.29, 1.82) is 0 Å². The smallest absolute Gasteiger partial charge is 0.325 e. The molecule has 1 aromatic carbocycles. The first-order valence-electron chi connectivity index (χ1n) is 12.5. The Hall–Kier alpha value is -2.11. The van der Waals surface area contributed by atoms with Gasteiger partial charge in [0.25, 0.3) is 11.8 Å². The number of aromatic nitrogens is 3. The van der Waals surface area contributed by atoms with Crippen molar-refractivity contribution in [2.75, 3.05) is 19.6 Å². The molecule has 1 saturated heterocycles. The number of hydrogen-bond acceptors (Lipinski definition) is 6. The fourth-order valence-electron chi connectivity index (χ4n) is 5.83. The van der Waals surface area contributed by atoms with Crippen LogP contribution in [0, 0.1) is 0 Å². The van der Waals surface area contributed by atoms with Gasteiger partial charge >= 0.3 is 6.03 Å². The molecule has 0 bridgehead atoms. The maximum Gasteiger partial charge on any atom is 0.325 e. The minimum Gasteiger partial charge on any atom is -0.331 e. The highest BCUT2D eigenvalue weighted by molar-refractivity contribution is 6.30. The van der Waals surface area contributed by atoms with E-state index in [-0.39, 0.29) is 67.0 Å². The maximum absolute atomic E-state index is 13.4. The van der Waals surface area contributed by atoms with Crippen LogP contribution in [0.4, 0.5) is 4.79 Å². The van der Waals surface area contributed by atoms with E-state index < -0.39 is 11.6 Å². The molecule has 2 fully saturated rings. The highest BCUT2D eigenvalue weighted by Gasteiger charge is 2.44. The van der Waals surface area contributed by atoms with Gasteiger partial charge in [-0.1, -0.05) is 23.7 Å². The van der Waals surface area contributed by atoms with Crippen LogP contribution < -0.4 is 11.1 Å². The van der Waals surface area contributed by atoms with E-state index in [1.54, 1.807) is 13.8 Å². The third kappa shape index (κ3) is 6.00. The zero-order valence-electron chi connectivity index (χ0n) is 21.9. The number of carbonyl (C=O) groups is 3. The molecule has 0 radical (unpaired) electrons. The number of hydrogen-bond donors (Lipinski definition) is 2. The van der Waals surface area contributed by atoms with E-state index in [2.05, 4.69) is 21.6 Å². The molecule has 4 amide bonds. The summed E-state index contributed by atoms with van der Waals surface area (Å²) in [5.41, 5.74) is 6.38. The van der Waals surface area contributed by atoms with Gasteiger partial charge in [-0.3, -0.25) is 14.5 Å². The Labute approximate surface area is 251 Å². The molecule has 0 unspecified atom stereocenters. The quantitative estimate of drug-likeness (QED) is 0.476. The Morgan fingerprint density at radius 3 is 2.36 bits per heavy atom. The minimum atomic E-state index is -0.911. The summed E-state index contributed by atoms with van der Waals surface area (Å²) in [5.74, 6) is 0.537. The van der Waals surface area contributed by atoms with Gasteiger partial charge in [0.15, 0.2) is 0 Å². The minimum absolute atomic E-state index is 0. The normalized spacial score (nSPS) is 23.8. The molecule has 3 N–H and O–H groups in total. The lowest BCUT2D eigenvalue weighted by atomic mass is 9.68. The van der Waals surface area contributed by atoms with E-state index in [9.17, 15) is 14.4 Å². The van der Waals surface area contributed by atoms with Gasteiger partial charge in [0, 0.05) is 49.1 Å². The molecule has 10 nitrogen and oxygen atoms in total. The lowest BCUT2D eigenvalue weighted by Crippen LogP contribution is -2.51. The fourth-order valence-corrected chi connectivity index (χ4v) is 6.02. The van der Waals surface area contributed by atoms with Crippen molar-refractivity contribution in [3.05, 3.63) is 46.5 Å². The second-order valence-corrected chi connectivity index (χ2v) is 11.0. The average molecular weight is 623 g/mol. The van der Waals surface area contributed by atoms with E-state index in [1.165, 1.54) is 10.5 Å². The topological polar surface area (TPSA) is 126 Å². The van der Waals surface area contributed by atoms with E-state index in [1.807, 2.05) is 27.7 Å². The summed E-state index contributed by atoms with van der Waals surface area (Å²) in [6.45, 7) is 5.25. The van der Waals surface area contributed by atoms with Gasteiger partial charge in [0.2, 0.25) is 5.82 Å². The predicted octanol–water partition coefficient (Wildman–Crippen LogP) is 3.36. The van der Waals surface area contributed by atoms with E-state index in [4.69, 9.17) is 17.3 Å². The number of fused-ring (bicyclic) bond motifs is 1. The summed E-state index contributed by atoms with van der Waals surface area (Å²) < 4.78 is 1.82. The number of imide groups is 1. The first-order valence-corrected chi connectivity index (χ1v) is 12.9. The third-order valence-electron chi connectivity index (χ3n) is 8.03. The second-order valence-electron chi connectivity index (χ2n) is 10.6. The van der Waals surface area contributed by atoms with Crippen molar-refractivity contribution in [3.63, 3.8) is 0 Å². The van der Waals surface area contributed by atoms with Crippen molar-refractivity contribution < 1.29 is 14.4 Å². The number of urea groups is 1. The lowest BCUT2D eigenvalue weighted by Gasteiger charge is -2.44. The Morgan fingerprint density at radius 1 is 1.08 bits per heavy atom. The van der Waals surface area contributed by atoms with Gasteiger partial charge < -0.3 is 20.5 Å². The first-order chi connectivity index (χ1) is 17.1. The van der Waals surface area contributed by atoms with Gasteiger partial charge in [-0.2, -0.15) is 0 Å². The predicted molar refractivity (Wildman–Crippen MR) is 155 cm³/mol. The van der Waals surface area contributed by atoms with E-state index in [0.717, 1.165) is 25.7 Å². The Kier molecular flexibility index (Phi) is 10.7. The van der Waals surface area contributed by atoms with Crippen LogP contribution in [0.25, 0.3) is 0 Å². The third-order valence-corrected chi connectivity index (χ3v) is 8.26. The molecule has 39 heavy (non-hydrogen) atoms. The van der Waals surface area contributed by atoms with Gasteiger partial charge in [-0.05, 0) is 57.2 Å². The van der Waals surface area contributed by atoms with Crippen LogP contribution in [0.15, 0.2) is 24.3 Å². The molecular formula is C25H35Cl4N7O3. The summed E-state index contributed by atoms with van der Waals surface area (Å²) in [7, 11) is 0. The SMILES string of the molecule is CC1(C)NC(=O)N(CCc2nnc3n2CCN(C2CCC(CN)(c4cccc(Cl)c4)CC2)C3=O)C1=O.Cl.Cl.Cl. The van der Waals surface area contributed by atoms with Gasteiger partial charge in [0.1, 0.15) is 11.4 Å². The number of nitrogens with zero attached hydrogens (tertiary/aromatic N) is 5. The number of amides is 4. The standard InChI is InChI=1S/C25H32ClN7O3.3ClH/c1-24(2)22(35)33(23(36)28-24)11-8-19-29-30-20-21(34)31(12-13-32(19)20)18-6-9-25(15-27,10-7-18)16-4-3-5-17(26)14-16;;;/h3-5,14,18H,6-13,15,27H2,1-2H3,(H,28,36);3*1H. The molecule has 1 aliphatic carbocycles. The maximum atomic E-state index is 13.4. The molecule has 1 saturated carbocycles. The molecule has 2 aliphatic heterocycles. The Balaban J connectivity index is 0.00000178. The van der Waals surface area contributed by atoms with Crippen LogP contribution in [-0.2, 0) is 23.2 Å². The molecule has 0 atom stereocenters.